The van der Waals surface area contributed by atoms with E-state index in [0.29, 0.717) is 5.56 Å². The van der Waals surface area contributed by atoms with Crippen molar-refractivity contribution in [2.45, 2.75) is 31.8 Å². The van der Waals surface area contributed by atoms with E-state index in [1.165, 1.54) is 24.3 Å². The smallest absolute Gasteiger partial charge is 0.313 e. The fourth-order valence-corrected chi connectivity index (χ4v) is 3.62. The lowest BCUT2D eigenvalue weighted by Crippen LogP contribution is -2.23. The van der Waals surface area contributed by atoms with Crippen LogP contribution in [-0.4, -0.2) is 58.8 Å². The number of carbonyl (C=O) groups is 4. The summed E-state index contributed by atoms with van der Waals surface area (Å²) in [4.78, 5) is 92.4. The maximum absolute atomic E-state index is 13.2. The van der Waals surface area contributed by atoms with Gasteiger partial charge in [-0.1, -0.05) is 12.1 Å². The van der Waals surface area contributed by atoms with Crippen LogP contribution in [0.4, 0.5) is 0 Å². The second kappa shape index (κ2) is 15.2. The van der Waals surface area contributed by atoms with Crippen LogP contribution in [0.3, 0.4) is 0 Å². The summed E-state index contributed by atoms with van der Waals surface area (Å²) in [5.41, 5.74) is 0.249. The molecule has 0 bridgehead atoms. The number of rotatable bonds is 16. The van der Waals surface area contributed by atoms with Gasteiger partial charge in [0.15, 0.2) is 5.78 Å². The Labute approximate surface area is 244 Å². The lowest BCUT2D eigenvalue weighted by atomic mass is 9.95. The van der Waals surface area contributed by atoms with Crippen molar-refractivity contribution in [1.29, 1.82) is 0 Å². The van der Waals surface area contributed by atoms with Crippen LogP contribution in [0.2, 0.25) is 0 Å². The lowest BCUT2D eigenvalue weighted by molar-refractivity contribution is -0.757. The summed E-state index contributed by atoms with van der Waals surface area (Å²) in [5, 5.41) is 27.6. The molecule has 44 heavy (non-hydrogen) atoms. The van der Waals surface area contributed by atoms with E-state index in [4.69, 9.17) is 18.9 Å². The maximum Gasteiger partial charge on any atom is 0.313 e. The molecule has 20 heteroatoms. The van der Waals surface area contributed by atoms with Gasteiger partial charge in [-0.05, 0) is 17.7 Å². The number of nitrogens with zero attached hydrogens (tertiary/aromatic N) is 3. The van der Waals surface area contributed by atoms with Crippen LogP contribution >= 0.6 is 0 Å². The van der Waals surface area contributed by atoms with Gasteiger partial charge >= 0.3 is 17.9 Å². The molecule has 0 fully saturated rings. The Morgan fingerprint density at radius 1 is 0.727 bits per heavy atom. The van der Waals surface area contributed by atoms with Crippen molar-refractivity contribution in [3.63, 3.8) is 0 Å². The van der Waals surface area contributed by atoms with E-state index in [0.717, 1.165) is 12.1 Å². The summed E-state index contributed by atoms with van der Waals surface area (Å²) in [6, 6.07) is 7.91. The Bertz CT molecular complexity index is 1440. The molecule has 0 saturated carbocycles. The number of benzene rings is 2. The Kier molecular flexibility index (Phi) is 11.2. The summed E-state index contributed by atoms with van der Waals surface area (Å²) >= 11 is 0. The first-order valence-electron chi connectivity index (χ1n) is 12.3. The molecule has 0 saturated heterocycles. The van der Waals surface area contributed by atoms with Gasteiger partial charge in [0.05, 0.1) is 25.7 Å². The summed E-state index contributed by atoms with van der Waals surface area (Å²) in [7, 11) is 0. The Hall–Kier alpha value is -6.08. The number of hydrogen-bond donors (Lipinski definition) is 0. The zero-order chi connectivity index (χ0) is 32.2. The quantitative estimate of drug-likeness (QED) is 0.112. The SMILES string of the molecule is O=C(CCO[N+](=O)[O-])Oc1ccc(C2CC(=O)c3c(OC(=O)CCO[N+](=O)[O-])cc(OC(=O)CCO[N+](=O)[O-])cc3O2)cc1. The second-order valence-electron chi connectivity index (χ2n) is 8.44. The standard InChI is InChI=1S/C24H21N3O17/c28-17-13-18(14-1-3-15(4-2-14)41-21(29)5-8-38-25(32)33)43-19-11-16(42-22(30)6-9-39-26(34)35)12-20(24(17)19)44-23(31)7-10-40-27(36)37/h1-4,11-12,18H,5-10,13H2. The first kappa shape index (κ1) is 32.4. The number of ether oxygens (including phenoxy) is 4. The molecule has 0 N–H and O–H groups in total. The third kappa shape index (κ3) is 10.1. The monoisotopic (exact) mass is 623 g/mol. The zero-order valence-corrected chi connectivity index (χ0v) is 22.3. The van der Waals surface area contributed by atoms with Gasteiger partial charge in [-0.25, -0.2) is 0 Å². The van der Waals surface area contributed by atoms with Gasteiger partial charge in [-0.2, -0.15) is 0 Å². The molecule has 20 nitrogen and oxygen atoms in total. The van der Waals surface area contributed by atoms with Crippen molar-refractivity contribution >= 4 is 23.7 Å². The minimum absolute atomic E-state index is 0.0907. The van der Waals surface area contributed by atoms with Gasteiger partial charge in [0.2, 0.25) is 0 Å². The molecule has 1 atom stereocenters. The summed E-state index contributed by atoms with van der Waals surface area (Å²) in [6.07, 6.45) is -2.66. The molecule has 1 aliphatic heterocycles. The predicted molar refractivity (Wildman–Crippen MR) is 135 cm³/mol. The van der Waals surface area contributed by atoms with E-state index < -0.39 is 77.7 Å². The highest BCUT2D eigenvalue weighted by atomic mass is 17.0. The van der Waals surface area contributed by atoms with Crippen LogP contribution in [0.25, 0.3) is 0 Å². The first-order valence-corrected chi connectivity index (χ1v) is 12.3. The number of fused-ring (bicyclic) bond motifs is 1. The molecular weight excluding hydrogens is 602 g/mol. The number of hydrogen-bond acceptors (Lipinski definition) is 17. The van der Waals surface area contributed by atoms with E-state index in [2.05, 4.69) is 14.5 Å². The van der Waals surface area contributed by atoms with Crippen molar-refractivity contribution < 1.29 is 67.9 Å². The number of Topliss-reactive ketones (excluding diaryl/α,β-unsaturated/α-hetero) is 1. The van der Waals surface area contributed by atoms with E-state index in [-0.39, 0.29) is 41.4 Å². The third-order valence-electron chi connectivity index (χ3n) is 5.41. The predicted octanol–water partition coefficient (Wildman–Crippen LogP) is 1.90. The topological polar surface area (TPSA) is 262 Å². The summed E-state index contributed by atoms with van der Waals surface area (Å²) < 4.78 is 21.3. The van der Waals surface area contributed by atoms with Gasteiger partial charge in [-0.15, -0.1) is 30.3 Å². The van der Waals surface area contributed by atoms with Crippen molar-refractivity contribution in [2.75, 3.05) is 19.8 Å². The first-order chi connectivity index (χ1) is 20.9. The molecule has 1 aliphatic rings. The third-order valence-corrected chi connectivity index (χ3v) is 5.41. The van der Waals surface area contributed by atoms with Gasteiger partial charge in [0, 0.05) is 12.1 Å². The molecule has 0 aromatic heterocycles. The number of ketones is 1. The van der Waals surface area contributed by atoms with Crippen LogP contribution < -0.4 is 18.9 Å². The molecule has 1 unspecified atom stereocenters. The van der Waals surface area contributed by atoms with Crippen LogP contribution in [0.1, 0.15) is 47.7 Å². The van der Waals surface area contributed by atoms with Crippen molar-refractivity contribution in [3.05, 3.63) is 77.9 Å². The Morgan fingerprint density at radius 2 is 1.20 bits per heavy atom. The Morgan fingerprint density at radius 3 is 1.70 bits per heavy atom. The van der Waals surface area contributed by atoms with E-state index in [1.54, 1.807) is 0 Å². The average Bonchev–Trinajstić information content (AvgIpc) is 2.92. The van der Waals surface area contributed by atoms with Crippen LogP contribution in [0.15, 0.2) is 36.4 Å². The van der Waals surface area contributed by atoms with Gasteiger partial charge in [-0.3, -0.25) is 19.2 Å². The minimum atomic E-state index is -1.11. The highest BCUT2D eigenvalue weighted by Gasteiger charge is 2.33. The van der Waals surface area contributed by atoms with Gasteiger partial charge in [0.1, 0.15) is 54.5 Å². The van der Waals surface area contributed by atoms with E-state index in [9.17, 15) is 49.5 Å². The summed E-state index contributed by atoms with van der Waals surface area (Å²) in [5.74, 6) is -4.08. The van der Waals surface area contributed by atoms with Crippen molar-refractivity contribution in [2.24, 2.45) is 0 Å². The highest BCUT2D eigenvalue weighted by molar-refractivity contribution is 6.03. The molecule has 0 aliphatic carbocycles. The normalized spacial score (nSPS) is 13.4. The molecular formula is C24H21N3O17. The van der Waals surface area contributed by atoms with E-state index in [1.807, 2.05) is 0 Å². The molecule has 0 amide bonds. The molecule has 0 spiro atoms. The van der Waals surface area contributed by atoms with Crippen molar-refractivity contribution in [3.8, 4) is 23.0 Å². The fourth-order valence-electron chi connectivity index (χ4n) is 3.62. The van der Waals surface area contributed by atoms with Crippen LogP contribution in [0, 0.1) is 30.3 Å². The highest BCUT2D eigenvalue weighted by Crippen LogP contribution is 2.43. The number of carbonyl (C=O) groups excluding carboxylic acids is 4. The zero-order valence-electron chi connectivity index (χ0n) is 22.3. The lowest BCUT2D eigenvalue weighted by Gasteiger charge is -2.27. The summed E-state index contributed by atoms with van der Waals surface area (Å²) in [6.45, 7) is -1.73. The largest absolute Gasteiger partial charge is 0.484 e. The molecule has 1 heterocycles. The van der Waals surface area contributed by atoms with E-state index >= 15 is 0 Å². The number of esters is 3. The van der Waals surface area contributed by atoms with Crippen LogP contribution in [-0.2, 0) is 28.9 Å². The molecule has 234 valence electrons. The minimum Gasteiger partial charge on any atom is -0.484 e. The maximum atomic E-state index is 13.2. The Balaban J connectivity index is 1.78. The van der Waals surface area contributed by atoms with Gasteiger partial charge in [0.25, 0.3) is 15.3 Å². The second-order valence-corrected chi connectivity index (χ2v) is 8.44. The average molecular weight is 623 g/mol. The molecule has 0 radical (unpaired) electrons. The van der Waals surface area contributed by atoms with Gasteiger partial charge < -0.3 is 33.5 Å². The fraction of sp³-hybridized carbons (Fsp3) is 0.333. The van der Waals surface area contributed by atoms with Crippen molar-refractivity contribution in [1.82, 2.24) is 0 Å². The molecule has 2 aromatic carbocycles. The molecule has 2 aromatic rings. The van der Waals surface area contributed by atoms with Crippen LogP contribution in [0.5, 0.6) is 23.0 Å². The molecule has 3 rings (SSSR count).